The summed E-state index contributed by atoms with van der Waals surface area (Å²) >= 11 is 0. The van der Waals surface area contributed by atoms with Gasteiger partial charge >= 0.3 is 5.97 Å². The molecule has 1 heterocycles. The predicted molar refractivity (Wildman–Crippen MR) is 54.0 cm³/mol. The summed E-state index contributed by atoms with van der Waals surface area (Å²) in [6, 6.07) is 2.09. The molecule has 0 aromatic carbocycles. The molecule has 0 radical (unpaired) electrons. The number of carbonyl (C=O) groups is 1. The molecule has 0 unspecified atom stereocenters. The molecule has 0 amide bonds. The fourth-order valence-electron chi connectivity index (χ4n) is 1.48. The second-order valence-corrected chi connectivity index (χ2v) is 3.16. The van der Waals surface area contributed by atoms with Crippen LogP contribution in [-0.2, 0) is 9.53 Å². The number of nitrogens with zero attached hydrogens (tertiary/aromatic N) is 1. The zero-order valence-corrected chi connectivity index (χ0v) is 9.02. The lowest BCUT2D eigenvalue weighted by molar-refractivity contribution is -0.153. The number of nitrogens with one attached hydrogen (secondary N) is 1. The summed E-state index contributed by atoms with van der Waals surface area (Å²) in [5.74, 6) is -0.362. The molecule has 0 aliphatic carbocycles. The van der Waals surface area contributed by atoms with E-state index >= 15 is 0 Å². The van der Waals surface area contributed by atoms with Crippen LogP contribution in [0, 0.1) is 16.7 Å². The summed E-state index contributed by atoms with van der Waals surface area (Å²) in [7, 11) is 0. The fraction of sp³-hybridized carbons (Fsp3) is 0.778. The Hall–Kier alpha value is -0.790. The minimum atomic E-state index is -0.888. The number of carbonyl (C=O) groups excluding carboxylic acids is 1. The Bertz CT molecular complexity index is 231. The van der Waals surface area contributed by atoms with Gasteiger partial charge in [-0.2, -0.15) is 5.26 Å². The van der Waals surface area contributed by atoms with Crippen molar-refractivity contribution in [2.24, 2.45) is 5.41 Å². The number of hydrogen-bond acceptors (Lipinski definition) is 4. The van der Waals surface area contributed by atoms with Crippen LogP contribution in [-0.4, -0.2) is 25.7 Å². The third-order valence-electron chi connectivity index (χ3n) is 2.34. The monoisotopic (exact) mass is 218 g/mol. The third kappa shape index (κ3) is 2.60. The summed E-state index contributed by atoms with van der Waals surface area (Å²) in [6.07, 6.45) is 1.12. The SMILES string of the molecule is CCOC(=O)C1(C#N)CCNCC1.Cl. The van der Waals surface area contributed by atoms with Crippen LogP contribution in [0.25, 0.3) is 0 Å². The molecule has 1 N–H and O–H groups in total. The summed E-state index contributed by atoms with van der Waals surface area (Å²) in [4.78, 5) is 11.5. The minimum Gasteiger partial charge on any atom is -0.465 e. The van der Waals surface area contributed by atoms with Crippen LogP contribution in [0.4, 0.5) is 0 Å². The molecular weight excluding hydrogens is 204 g/mol. The zero-order chi connectivity index (χ0) is 9.73. The summed E-state index contributed by atoms with van der Waals surface area (Å²) in [5, 5.41) is 12.1. The molecule has 0 atom stereocenters. The van der Waals surface area contributed by atoms with Crippen molar-refractivity contribution in [3.8, 4) is 6.07 Å². The molecular formula is C9H15ClN2O2. The minimum absolute atomic E-state index is 0. The Balaban J connectivity index is 0.00000169. The smallest absolute Gasteiger partial charge is 0.326 e. The van der Waals surface area contributed by atoms with Crippen molar-refractivity contribution in [2.75, 3.05) is 19.7 Å². The Kier molecular flexibility index (Phi) is 5.51. The van der Waals surface area contributed by atoms with E-state index in [1.807, 2.05) is 0 Å². The molecule has 5 heteroatoms. The number of esters is 1. The number of hydrogen-bond donors (Lipinski definition) is 1. The van der Waals surface area contributed by atoms with Gasteiger partial charge in [0, 0.05) is 0 Å². The van der Waals surface area contributed by atoms with Crippen molar-refractivity contribution >= 4 is 18.4 Å². The first kappa shape index (κ1) is 13.2. The van der Waals surface area contributed by atoms with E-state index in [9.17, 15) is 4.79 Å². The van der Waals surface area contributed by atoms with Crippen molar-refractivity contribution in [1.29, 1.82) is 5.26 Å². The summed E-state index contributed by atoms with van der Waals surface area (Å²) < 4.78 is 4.89. The first-order valence-corrected chi connectivity index (χ1v) is 4.54. The van der Waals surface area contributed by atoms with Gasteiger partial charge < -0.3 is 10.1 Å². The van der Waals surface area contributed by atoms with Crippen LogP contribution in [0.3, 0.4) is 0 Å². The van der Waals surface area contributed by atoms with Crippen LogP contribution in [0.1, 0.15) is 19.8 Å². The molecule has 1 aliphatic heterocycles. The first-order valence-electron chi connectivity index (χ1n) is 4.54. The Morgan fingerprint density at radius 1 is 1.57 bits per heavy atom. The largest absolute Gasteiger partial charge is 0.465 e. The number of nitriles is 1. The van der Waals surface area contributed by atoms with E-state index in [1.165, 1.54) is 0 Å². The molecule has 80 valence electrons. The second-order valence-electron chi connectivity index (χ2n) is 3.16. The highest BCUT2D eigenvalue weighted by atomic mass is 35.5. The maximum atomic E-state index is 11.5. The highest BCUT2D eigenvalue weighted by molar-refractivity contribution is 5.85. The van der Waals surface area contributed by atoms with E-state index in [0.717, 1.165) is 0 Å². The average Bonchev–Trinajstić information content (AvgIpc) is 2.19. The molecule has 1 aliphatic rings. The molecule has 0 aromatic rings. The molecule has 1 saturated heterocycles. The topological polar surface area (TPSA) is 62.1 Å². The maximum Gasteiger partial charge on any atom is 0.326 e. The van der Waals surface area contributed by atoms with E-state index in [0.29, 0.717) is 32.5 Å². The molecule has 0 bridgehead atoms. The number of ether oxygens (including phenoxy) is 1. The van der Waals surface area contributed by atoms with Gasteiger partial charge in [0.1, 0.15) is 0 Å². The molecule has 14 heavy (non-hydrogen) atoms. The van der Waals surface area contributed by atoms with E-state index < -0.39 is 5.41 Å². The molecule has 4 nitrogen and oxygen atoms in total. The lowest BCUT2D eigenvalue weighted by Gasteiger charge is -2.28. The molecule has 0 aromatic heterocycles. The molecule has 0 spiro atoms. The Morgan fingerprint density at radius 3 is 2.57 bits per heavy atom. The fourth-order valence-corrected chi connectivity index (χ4v) is 1.48. The predicted octanol–water partition coefficient (Wildman–Crippen LogP) is 0.865. The van der Waals surface area contributed by atoms with Crippen molar-refractivity contribution in [3.63, 3.8) is 0 Å². The van der Waals surface area contributed by atoms with Gasteiger partial charge in [-0.05, 0) is 32.9 Å². The van der Waals surface area contributed by atoms with E-state index in [4.69, 9.17) is 10.00 Å². The molecule has 1 rings (SSSR count). The normalized spacial score (nSPS) is 18.9. The van der Waals surface area contributed by atoms with Gasteiger partial charge in [0.2, 0.25) is 0 Å². The summed E-state index contributed by atoms with van der Waals surface area (Å²) in [6.45, 7) is 3.53. The van der Waals surface area contributed by atoms with Crippen LogP contribution >= 0.6 is 12.4 Å². The van der Waals surface area contributed by atoms with Gasteiger partial charge in [0.15, 0.2) is 5.41 Å². The summed E-state index contributed by atoms with van der Waals surface area (Å²) in [5.41, 5.74) is -0.888. The standard InChI is InChI=1S/C9H14N2O2.ClH/c1-2-13-8(12)9(7-10)3-5-11-6-4-9;/h11H,2-6H2,1H3;1H. The second kappa shape index (κ2) is 5.84. The first-order chi connectivity index (χ1) is 6.25. The van der Waals surface area contributed by atoms with Crippen LogP contribution in [0.2, 0.25) is 0 Å². The Morgan fingerprint density at radius 2 is 2.14 bits per heavy atom. The van der Waals surface area contributed by atoms with Gasteiger partial charge in [-0.25, -0.2) is 0 Å². The van der Waals surface area contributed by atoms with Crippen LogP contribution in [0.5, 0.6) is 0 Å². The number of rotatable bonds is 2. The lowest BCUT2D eigenvalue weighted by Crippen LogP contribution is -2.42. The highest BCUT2D eigenvalue weighted by Gasteiger charge is 2.41. The van der Waals surface area contributed by atoms with Crippen molar-refractivity contribution in [2.45, 2.75) is 19.8 Å². The number of halogens is 1. The van der Waals surface area contributed by atoms with Crippen molar-refractivity contribution < 1.29 is 9.53 Å². The number of piperidine rings is 1. The van der Waals surface area contributed by atoms with Gasteiger partial charge in [0.05, 0.1) is 12.7 Å². The van der Waals surface area contributed by atoms with E-state index in [-0.39, 0.29) is 18.4 Å². The van der Waals surface area contributed by atoms with Gasteiger partial charge in [-0.3, -0.25) is 4.79 Å². The van der Waals surface area contributed by atoms with Gasteiger partial charge in [-0.15, -0.1) is 12.4 Å². The Labute approximate surface area is 90.0 Å². The van der Waals surface area contributed by atoms with Crippen molar-refractivity contribution in [1.82, 2.24) is 5.32 Å². The van der Waals surface area contributed by atoms with Crippen LogP contribution < -0.4 is 5.32 Å². The highest BCUT2D eigenvalue weighted by Crippen LogP contribution is 2.29. The molecule has 0 saturated carbocycles. The van der Waals surface area contributed by atoms with Gasteiger partial charge in [0.25, 0.3) is 0 Å². The lowest BCUT2D eigenvalue weighted by atomic mass is 9.80. The third-order valence-corrected chi connectivity index (χ3v) is 2.34. The van der Waals surface area contributed by atoms with E-state index in [2.05, 4.69) is 11.4 Å². The zero-order valence-electron chi connectivity index (χ0n) is 8.21. The van der Waals surface area contributed by atoms with Crippen LogP contribution in [0.15, 0.2) is 0 Å². The van der Waals surface area contributed by atoms with Gasteiger partial charge in [-0.1, -0.05) is 0 Å². The van der Waals surface area contributed by atoms with E-state index in [1.54, 1.807) is 6.92 Å². The maximum absolute atomic E-state index is 11.5. The quantitative estimate of drug-likeness (QED) is 0.699. The van der Waals surface area contributed by atoms with Crippen molar-refractivity contribution in [3.05, 3.63) is 0 Å². The average molecular weight is 219 g/mol. The molecule has 1 fully saturated rings.